The minimum absolute atomic E-state index is 0.198. The molecule has 0 aromatic rings. The van der Waals surface area contributed by atoms with Gasteiger partial charge in [-0.2, -0.15) is 0 Å². The van der Waals surface area contributed by atoms with Crippen molar-refractivity contribution in [3.63, 3.8) is 0 Å². The summed E-state index contributed by atoms with van der Waals surface area (Å²) >= 11 is 0. The third kappa shape index (κ3) is 7.34. The van der Waals surface area contributed by atoms with E-state index in [2.05, 4.69) is 33.0 Å². The molecule has 0 aliphatic carbocycles. The summed E-state index contributed by atoms with van der Waals surface area (Å²) in [6, 6.07) is 0. The van der Waals surface area contributed by atoms with Crippen LogP contribution in [0.1, 0.15) is 47.0 Å². The zero-order valence-electron chi connectivity index (χ0n) is 12.6. The number of hydrogen-bond acceptors (Lipinski definition) is 3. The van der Waals surface area contributed by atoms with Gasteiger partial charge in [-0.3, -0.25) is 0 Å². The minimum atomic E-state index is 0.198. The summed E-state index contributed by atoms with van der Waals surface area (Å²) in [5, 5.41) is 3.50. The van der Waals surface area contributed by atoms with Crippen LogP contribution in [0.5, 0.6) is 0 Å². The van der Waals surface area contributed by atoms with Crippen molar-refractivity contribution >= 4 is 0 Å². The summed E-state index contributed by atoms with van der Waals surface area (Å²) in [6.07, 6.45) is 3.98. The molecule has 0 bridgehead atoms. The summed E-state index contributed by atoms with van der Waals surface area (Å²) in [4.78, 5) is 0. The van der Waals surface area contributed by atoms with Gasteiger partial charge in [-0.25, -0.2) is 0 Å². The second kappa shape index (κ2) is 8.13. The topological polar surface area (TPSA) is 30.5 Å². The van der Waals surface area contributed by atoms with Gasteiger partial charge >= 0.3 is 0 Å². The van der Waals surface area contributed by atoms with E-state index in [0.717, 1.165) is 39.3 Å². The fourth-order valence-corrected chi connectivity index (χ4v) is 2.16. The van der Waals surface area contributed by atoms with Crippen LogP contribution in [-0.4, -0.2) is 39.0 Å². The van der Waals surface area contributed by atoms with Crippen LogP contribution in [0.2, 0.25) is 0 Å². The minimum Gasteiger partial charge on any atom is -0.378 e. The Hall–Kier alpha value is -0.120. The van der Waals surface area contributed by atoms with Gasteiger partial charge in [0.25, 0.3) is 0 Å². The maximum atomic E-state index is 5.83. The van der Waals surface area contributed by atoms with Crippen LogP contribution in [0.3, 0.4) is 0 Å². The van der Waals surface area contributed by atoms with Crippen molar-refractivity contribution in [2.75, 3.05) is 32.9 Å². The van der Waals surface area contributed by atoms with Crippen LogP contribution in [0.15, 0.2) is 0 Å². The monoisotopic (exact) mass is 257 g/mol. The van der Waals surface area contributed by atoms with E-state index in [1.165, 1.54) is 12.8 Å². The van der Waals surface area contributed by atoms with E-state index >= 15 is 0 Å². The van der Waals surface area contributed by atoms with E-state index in [-0.39, 0.29) is 5.41 Å². The van der Waals surface area contributed by atoms with Gasteiger partial charge in [-0.1, -0.05) is 27.7 Å². The highest BCUT2D eigenvalue weighted by molar-refractivity contribution is 4.72. The number of ether oxygens (including phenoxy) is 2. The molecule has 18 heavy (non-hydrogen) atoms. The maximum Gasteiger partial charge on any atom is 0.0808 e. The fourth-order valence-electron chi connectivity index (χ4n) is 2.16. The van der Waals surface area contributed by atoms with Crippen LogP contribution in [0.4, 0.5) is 0 Å². The molecule has 0 radical (unpaired) electrons. The van der Waals surface area contributed by atoms with Crippen molar-refractivity contribution in [1.29, 1.82) is 0 Å². The van der Waals surface area contributed by atoms with Crippen LogP contribution in [-0.2, 0) is 9.47 Å². The molecular formula is C15H31NO2. The smallest absolute Gasteiger partial charge is 0.0808 e. The van der Waals surface area contributed by atoms with E-state index in [1.54, 1.807) is 0 Å². The summed E-state index contributed by atoms with van der Waals surface area (Å²) in [5.74, 6) is 0.706. The molecule has 0 saturated carbocycles. The van der Waals surface area contributed by atoms with Crippen LogP contribution in [0, 0.1) is 11.3 Å². The Morgan fingerprint density at radius 1 is 1.33 bits per heavy atom. The zero-order chi connectivity index (χ0) is 13.4. The highest BCUT2D eigenvalue weighted by atomic mass is 16.5. The second-order valence-electron chi connectivity index (χ2n) is 6.69. The average Bonchev–Trinajstić information content (AvgIpc) is 2.29. The summed E-state index contributed by atoms with van der Waals surface area (Å²) in [6.45, 7) is 13.5. The van der Waals surface area contributed by atoms with Crippen molar-refractivity contribution in [3.8, 4) is 0 Å². The Bertz CT molecular complexity index is 211. The Morgan fingerprint density at radius 2 is 2.11 bits per heavy atom. The third-order valence-electron chi connectivity index (χ3n) is 3.23. The molecule has 1 rings (SSSR count). The summed E-state index contributed by atoms with van der Waals surface area (Å²) < 4.78 is 11.5. The molecule has 1 unspecified atom stereocenters. The number of hydrogen-bond donors (Lipinski definition) is 1. The van der Waals surface area contributed by atoms with Crippen molar-refractivity contribution < 1.29 is 9.47 Å². The van der Waals surface area contributed by atoms with Gasteiger partial charge in [0.2, 0.25) is 0 Å². The van der Waals surface area contributed by atoms with Crippen LogP contribution in [0.25, 0.3) is 0 Å². The van der Waals surface area contributed by atoms with E-state index < -0.39 is 0 Å². The van der Waals surface area contributed by atoms with Crippen molar-refractivity contribution in [2.45, 2.75) is 53.1 Å². The van der Waals surface area contributed by atoms with Crippen molar-refractivity contribution in [2.24, 2.45) is 11.3 Å². The van der Waals surface area contributed by atoms with Gasteiger partial charge in [0.15, 0.2) is 0 Å². The standard InChI is InChI=1S/C15H31NO2/c1-13(2)9-16-11-15(3,4)12-17-10-14-7-5-6-8-18-14/h13-14,16H,5-12H2,1-4H3. The van der Waals surface area contributed by atoms with Crippen LogP contribution >= 0.6 is 0 Å². The summed E-state index contributed by atoms with van der Waals surface area (Å²) in [7, 11) is 0. The van der Waals surface area contributed by atoms with Crippen molar-refractivity contribution in [3.05, 3.63) is 0 Å². The Balaban J connectivity index is 2.08. The summed E-state index contributed by atoms with van der Waals surface area (Å²) in [5.41, 5.74) is 0.198. The normalized spacial score (nSPS) is 21.5. The largest absolute Gasteiger partial charge is 0.378 e. The van der Waals surface area contributed by atoms with Crippen LogP contribution < -0.4 is 5.32 Å². The number of nitrogens with one attached hydrogen (secondary N) is 1. The van der Waals surface area contributed by atoms with Gasteiger partial charge in [0, 0.05) is 18.6 Å². The third-order valence-corrected chi connectivity index (χ3v) is 3.23. The lowest BCUT2D eigenvalue weighted by molar-refractivity contribution is -0.0545. The van der Waals surface area contributed by atoms with Gasteiger partial charge < -0.3 is 14.8 Å². The second-order valence-corrected chi connectivity index (χ2v) is 6.69. The molecule has 0 spiro atoms. The first-order chi connectivity index (χ1) is 8.49. The molecule has 1 N–H and O–H groups in total. The molecule has 1 saturated heterocycles. The van der Waals surface area contributed by atoms with Gasteiger partial charge in [-0.05, 0) is 31.7 Å². The van der Waals surface area contributed by atoms with Gasteiger partial charge in [0.05, 0.1) is 19.3 Å². The van der Waals surface area contributed by atoms with E-state index in [1.807, 2.05) is 0 Å². The molecule has 0 amide bonds. The average molecular weight is 257 g/mol. The molecule has 3 heteroatoms. The molecule has 108 valence electrons. The molecule has 3 nitrogen and oxygen atoms in total. The molecular weight excluding hydrogens is 226 g/mol. The highest BCUT2D eigenvalue weighted by Gasteiger charge is 2.20. The van der Waals surface area contributed by atoms with E-state index in [0.29, 0.717) is 12.0 Å². The predicted molar refractivity (Wildman–Crippen MR) is 75.9 cm³/mol. The molecule has 1 fully saturated rings. The van der Waals surface area contributed by atoms with E-state index in [9.17, 15) is 0 Å². The van der Waals surface area contributed by atoms with Gasteiger partial charge in [-0.15, -0.1) is 0 Å². The lowest BCUT2D eigenvalue weighted by Gasteiger charge is -2.28. The van der Waals surface area contributed by atoms with Gasteiger partial charge in [0.1, 0.15) is 0 Å². The Kier molecular flexibility index (Phi) is 7.20. The Morgan fingerprint density at radius 3 is 2.72 bits per heavy atom. The quantitative estimate of drug-likeness (QED) is 0.725. The first-order valence-electron chi connectivity index (χ1n) is 7.40. The lowest BCUT2D eigenvalue weighted by Crippen LogP contribution is -2.36. The molecule has 1 heterocycles. The lowest BCUT2D eigenvalue weighted by atomic mass is 9.94. The first kappa shape index (κ1) is 15.9. The molecule has 1 aliphatic heterocycles. The maximum absolute atomic E-state index is 5.83. The Labute approximate surface area is 113 Å². The first-order valence-corrected chi connectivity index (χ1v) is 7.40. The molecule has 0 aromatic carbocycles. The zero-order valence-corrected chi connectivity index (χ0v) is 12.6. The molecule has 0 aromatic heterocycles. The molecule has 1 aliphatic rings. The predicted octanol–water partition coefficient (Wildman–Crippen LogP) is 2.84. The van der Waals surface area contributed by atoms with E-state index in [4.69, 9.17) is 9.47 Å². The van der Waals surface area contributed by atoms with Crippen molar-refractivity contribution in [1.82, 2.24) is 5.32 Å². The number of rotatable bonds is 8. The molecule has 1 atom stereocenters. The fraction of sp³-hybridized carbons (Fsp3) is 1.00. The highest BCUT2D eigenvalue weighted by Crippen LogP contribution is 2.17. The SMILES string of the molecule is CC(C)CNCC(C)(C)COCC1CCCCO1.